The maximum Gasteiger partial charge on any atom is -1.00 e. The van der Waals surface area contributed by atoms with Crippen molar-refractivity contribution >= 4 is 0 Å². The Balaban J connectivity index is 0.000000980. The van der Waals surface area contributed by atoms with Gasteiger partial charge in [-0.25, -0.2) is 0 Å². The van der Waals surface area contributed by atoms with Crippen molar-refractivity contribution in [3.05, 3.63) is 83.5 Å². The first-order chi connectivity index (χ1) is 11.8. The van der Waals surface area contributed by atoms with Crippen LogP contribution in [0.25, 0.3) is 11.1 Å². The maximum atomic E-state index is 2.52. The van der Waals surface area contributed by atoms with Crippen LogP contribution < -0.4 is 24.8 Å². The van der Waals surface area contributed by atoms with E-state index in [0.717, 1.165) is 19.1 Å². The Labute approximate surface area is 180 Å². The van der Waals surface area contributed by atoms with Crippen LogP contribution in [0.15, 0.2) is 66.8 Å². The Bertz CT molecular complexity index is 855. The third kappa shape index (κ3) is 3.21. The first-order valence-corrected chi connectivity index (χ1v) is 12.0. The van der Waals surface area contributed by atoms with Crippen molar-refractivity contribution in [3.63, 3.8) is 0 Å². The molecule has 132 valence electrons. The molecular formula is C23H22Cl2Zr. The number of aryl methyl sites for hydroxylation is 1. The van der Waals surface area contributed by atoms with E-state index in [1.807, 2.05) is 0 Å². The Morgan fingerprint density at radius 2 is 1.62 bits per heavy atom. The molecule has 0 amide bonds. The van der Waals surface area contributed by atoms with E-state index >= 15 is 0 Å². The van der Waals surface area contributed by atoms with Crippen LogP contribution in [-0.2, 0) is 23.2 Å². The minimum absolute atomic E-state index is 0. The third-order valence-corrected chi connectivity index (χ3v) is 11.1. The van der Waals surface area contributed by atoms with Gasteiger partial charge in [-0.3, -0.25) is 0 Å². The van der Waals surface area contributed by atoms with E-state index in [1.165, 1.54) is 29.5 Å². The fourth-order valence-corrected chi connectivity index (χ4v) is 10.7. The standard InChI is InChI=1S/C14H11.C9H11.2ClH.Zr/c1-10-5-4-8-13-12-7-3-2-6-11(12)9-14(10)13;1-2-5-9-7-3-6-8(9)4-1;;;/h2-9H,1H3;1-2,4-6,8-9H,3,7H2;2*1H;/q;;;;+2/p-2. The van der Waals surface area contributed by atoms with Gasteiger partial charge in [0.15, 0.2) is 0 Å². The first-order valence-electron chi connectivity index (χ1n) is 9.13. The van der Waals surface area contributed by atoms with Crippen molar-refractivity contribution in [2.24, 2.45) is 11.8 Å². The van der Waals surface area contributed by atoms with Gasteiger partial charge >= 0.3 is 157 Å². The zero-order valence-electron chi connectivity index (χ0n) is 14.8. The normalized spacial score (nSPS) is 26.8. The van der Waals surface area contributed by atoms with E-state index in [2.05, 4.69) is 73.7 Å². The summed E-state index contributed by atoms with van der Waals surface area (Å²) >= 11 is -0.567. The number of allylic oxidation sites excluding steroid dienone is 4. The zero-order valence-corrected chi connectivity index (χ0v) is 18.8. The molecule has 0 spiro atoms. The van der Waals surface area contributed by atoms with Crippen molar-refractivity contribution in [1.29, 1.82) is 0 Å². The summed E-state index contributed by atoms with van der Waals surface area (Å²) in [5, 5.41) is 0. The molecule has 2 aromatic rings. The van der Waals surface area contributed by atoms with Crippen molar-refractivity contribution in [3.8, 4) is 11.1 Å². The van der Waals surface area contributed by atoms with Gasteiger partial charge < -0.3 is 24.8 Å². The van der Waals surface area contributed by atoms with Crippen molar-refractivity contribution < 1.29 is 48.0 Å². The summed E-state index contributed by atoms with van der Waals surface area (Å²) in [7, 11) is 0. The number of hydrogen-bond acceptors (Lipinski definition) is 0. The molecule has 0 radical (unpaired) electrons. The molecule has 1 fully saturated rings. The largest absolute Gasteiger partial charge is 1.00 e. The van der Waals surface area contributed by atoms with Crippen LogP contribution in [-0.4, -0.2) is 0 Å². The van der Waals surface area contributed by atoms with Gasteiger partial charge in [0.05, 0.1) is 0 Å². The molecule has 0 aliphatic heterocycles. The van der Waals surface area contributed by atoms with E-state index < -0.39 is 23.2 Å². The number of rotatable bonds is 2. The second-order valence-electron chi connectivity index (χ2n) is 7.42. The van der Waals surface area contributed by atoms with Crippen LogP contribution in [0, 0.1) is 18.8 Å². The minimum atomic E-state index is -0.567. The number of hydrogen-bond donors (Lipinski definition) is 0. The molecule has 3 aliphatic carbocycles. The second kappa shape index (κ2) is 8.18. The fourth-order valence-electron chi connectivity index (χ4n) is 4.99. The molecule has 0 aromatic heterocycles. The minimum Gasteiger partial charge on any atom is -1.00 e. The van der Waals surface area contributed by atoms with E-state index in [0.29, 0.717) is 0 Å². The van der Waals surface area contributed by atoms with Gasteiger partial charge in [0, 0.05) is 0 Å². The Kier molecular flexibility index (Phi) is 6.33. The summed E-state index contributed by atoms with van der Waals surface area (Å²) in [4.78, 5) is 0. The Morgan fingerprint density at radius 1 is 0.846 bits per heavy atom. The number of halogens is 2. The van der Waals surface area contributed by atoms with E-state index in [1.54, 1.807) is 11.1 Å². The molecule has 3 aliphatic rings. The molecule has 4 atom stereocenters. The van der Waals surface area contributed by atoms with E-state index in [9.17, 15) is 0 Å². The molecule has 5 rings (SSSR count). The summed E-state index contributed by atoms with van der Waals surface area (Å²) in [6, 6.07) is 16.1. The summed E-state index contributed by atoms with van der Waals surface area (Å²) in [6.07, 6.45) is 12.4. The molecule has 26 heavy (non-hydrogen) atoms. The van der Waals surface area contributed by atoms with Crippen LogP contribution in [0.4, 0.5) is 0 Å². The molecule has 4 unspecified atom stereocenters. The average Bonchev–Trinajstić information content (AvgIpc) is 3.17. The smallest absolute Gasteiger partial charge is 1.00 e. The van der Waals surface area contributed by atoms with Gasteiger partial charge in [-0.1, -0.05) is 0 Å². The summed E-state index contributed by atoms with van der Waals surface area (Å²) in [5.41, 5.74) is 7.83. The molecule has 0 heterocycles. The van der Waals surface area contributed by atoms with Gasteiger partial charge in [-0.2, -0.15) is 0 Å². The predicted molar refractivity (Wildman–Crippen MR) is 96.7 cm³/mol. The quantitative estimate of drug-likeness (QED) is 0.597. The average molecular weight is 461 g/mol. The molecule has 0 bridgehead atoms. The molecule has 0 saturated heterocycles. The predicted octanol–water partition coefficient (Wildman–Crippen LogP) is 0.0960. The van der Waals surface area contributed by atoms with E-state index in [4.69, 9.17) is 0 Å². The Hall–Kier alpha value is -0.617. The molecule has 3 heteroatoms. The molecule has 2 aromatic carbocycles. The van der Waals surface area contributed by atoms with Gasteiger partial charge in [-0.15, -0.1) is 0 Å². The fraction of sp³-hybridized carbons (Fsp3) is 0.304. The van der Waals surface area contributed by atoms with Crippen LogP contribution in [0.3, 0.4) is 0 Å². The molecule has 0 N–H and O–H groups in total. The van der Waals surface area contributed by atoms with Crippen LogP contribution in [0.2, 0.25) is 3.63 Å². The second-order valence-corrected chi connectivity index (χ2v) is 11.5. The monoisotopic (exact) mass is 458 g/mol. The summed E-state index contributed by atoms with van der Waals surface area (Å²) in [6.45, 7) is 2.32. The topological polar surface area (TPSA) is 0 Å². The van der Waals surface area contributed by atoms with Gasteiger partial charge in [0.1, 0.15) is 0 Å². The van der Waals surface area contributed by atoms with Gasteiger partial charge in [0.2, 0.25) is 0 Å². The molecular weight excluding hydrogens is 438 g/mol. The van der Waals surface area contributed by atoms with Crippen LogP contribution in [0.1, 0.15) is 33.2 Å². The maximum absolute atomic E-state index is 2.52. The van der Waals surface area contributed by atoms with Crippen molar-refractivity contribution in [1.82, 2.24) is 0 Å². The van der Waals surface area contributed by atoms with Crippen molar-refractivity contribution in [2.75, 3.05) is 0 Å². The molecule has 1 saturated carbocycles. The van der Waals surface area contributed by atoms with E-state index in [-0.39, 0.29) is 24.8 Å². The van der Waals surface area contributed by atoms with Gasteiger partial charge in [-0.05, 0) is 0 Å². The molecule has 0 nitrogen and oxygen atoms in total. The number of fused-ring (bicyclic) bond motifs is 4. The Morgan fingerprint density at radius 3 is 2.50 bits per heavy atom. The van der Waals surface area contributed by atoms with Crippen LogP contribution >= 0.6 is 0 Å². The number of benzene rings is 2. The first kappa shape index (κ1) is 20.1. The van der Waals surface area contributed by atoms with Crippen molar-refractivity contribution in [2.45, 2.75) is 27.0 Å². The SMILES string of the molecule is Cc1cccc2c1[CH]([Zr+2][CH]1CCC3C=CC=CC31)c1ccccc1-2.[Cl-].[Cl-]. The van der Waals surface area contributed by atoms with Gasteiger partial charge in [0.25, 0.3) is 0 Å². The third-order valence-electron chi connectivity index (χ3n) is 6.13. The zero-order chi connectivity index (χ0) is 16.1. The van der Waals surface area contributed by atoms with Crippen LogP contribution in [0.5, 0.6) is 0 Å². The summed E-state index contributed by atoms with van der Waals surface area (Å²) in [5.74, 6) is 1.66. The summed E-state index contributed by atoms with van der Waals surface area (Å²) < 4.78 is 1.74.